The number of carbonyl (C=O) groups is 3. The first-order chi connectivity index (χ1) is 13.5. The van der Waals surface area contributed by atoms with Crippen molar-refractivity contribution < 1.29 is 14.4 Å². The van der Waals surface area contributed by atoms with Crippen LogP contribution in [0.25, 0.3) is 0 Å². The van der Waals surface area contributed by atoms with Crippen LogP contribution < -0.4 is 10.2 Å². The first-order valence-corrected chi connectivity index (χ1v) is 9.00. The second-order valence-corrected chi connectivity index (χ2v) is 6.98. The van der Waals surface area contributed by atoms with E-state index in [1.807, 2.05) is 25.1 Å². The summed E-state index contributed by atoms with van der Waals surface area (Å²) < 4.78 is 0. The Morgan fingerprint density at radius 1 is 1.11 bits per heavy atom. The lowest BCUT2D eigenvalue weighted by atomic mass is 10.1. The van der Waals surface area contributed by atoms with Crippen molar-refractivity contribution >= 4 is 40.7 Å². The highest BCUT2D eigenvalue weighted by molar-refractivity contribution is 6.31. The maximum absolute atomic E-state index is 12.9. The third-order valence-corrected chi connectivity index (χ3v) is 4.92. The average Bonchev–Trinajstić information content (AvgIpc) is 3.18. The second kappa shape index (κ2) is 7.05. The van der Waals surface area contributed by atoms with Gasteiger partial charge in [-0.2, -0.15) is 5.11 Å². The number of imide groups is 1. The zero-order valence-electron chi connectivity index (χ0n) is 14.9. The molecule has 0 aliphatic carbocycles. The van der Waals surface area contributed by atoms with Crippen molar-refractivity contribution in [3.8, 4) is 0 Å². The van der Waals surface area contributed by atoms with Gasteiger partial charge in [0, 0.05) is 10.7 Å². The molecule has 0 saturated carbocycles. The molecule has 2 atom stereocenters. The molecule has 3 amide bonds. The summed E-state index contributed by atoms with van der Waals surface area (Å²) >= 11 is 5.87. The van der Waals surface area contributed by atoms with E-state index < -0.39 is 23.9 Å². The number of amides is 3. The van der Waals surface area contributed by atoms with Crippen LogP contribution in [0.3, 0.4) is 0 Å². The van der Waals surface area contributed by atoms with Gasteiger partial charge in [-0.25, -0.2) is 4.90 Å². The van der Waals surface area contributed by atoms with Gasteiger partial charge in [-0.05, 0) is 42.8 Å². The molecule has 28 heavy (non-hydrogen) atoms. The zero-order valence-corrected chi connectivity index (χ0v) is 15.6. The molecule has 0 aromatic heterocycles. The minimum Gasteiger partial charge on any atom is -0.324 e. The van der Waals surface area contributed by atoms with E-state index in [1.165, 1.54) is 5.01 Å². The third-order valence-electron chi connectivity index (χ3n) is 4.67. The Kier molecular flexibility index (Phi) is 4.56. The third kappa shape index (κ3) is 3.11. The number of rotatable bonds is 4. The number of carbonyl (C=O) groups excluding carboxylic acids is 3. The maximum atomic E-state index is 12.9. The van der Waals surface area contributed by atoms with Crippen molar-refractivity contribution in [1.29, 1.82) is 0 Å². The molecule has 1 saturated heterocycles. The van der Waals surface area contributed by atoms with Gasteiger partial charge in [0.05, 0.1) is 5.69 Å². The van der Waals surface area contributed by atoms with Gasteiger partial charge in [-0.15, -0.1) is 0 Å². The summed E-state index contributed by atoms with van der Waals surface area (Å²) in [5.41, 5.74) is 2.00. The first kappa shape index (κ1) is 18.1. The van der Waals surface area contributed by atoms with Gasteiger partial charge >= 0.3 is 0 Å². The van der Waals surface area contributed by atoms with Crippen molar-refractivity contribution in [2.24, 2.45) is 10.3 Å². The van der Waals surface area contributed by atoms with E-state index in [0.717, 1.165) is 10.5 Å². The predicted octanol–water partition coefficient (Wildman–Crippen LogP) is 2.58. The van der Waals surface area contributed by atoms with Crippen molar-refractivity contribution in [3.05, 3.63) is 59.1 Å². The Hall–Kier alpha value is -3.26. The molecule has 1 fully saturated rings. The van der Waals surface area contributed by atoms with E-state index in [2.05, 4.69) is 15.7 Å². The van der Waals surface area contributed by atoms with Crippen LogP contribution in [0.1, 0.15) is 5.56 Å². The molecule has 4 rings (SSSR count). The van der Waals surface area contributed by atoms with E-state index in [0.29, 0.717) is 16.4 Å². The fourth-order valence-electron chi connectivity index (χ4n) is 3.25. The minimum atomic E-state index is -0.950. The fourth-order valence-corrected chi connectivity index (χ4v) is 3.37. The standard InChI is InChI=1S/C19H16ClN5O3/c1-11-4-2-3-5-14(11)21-15(26)10-24-17-16(22-23-24)18(27)25(19(17)28)13-8-6-12(20)7-9-13/h2-9,16-17H,10H2,1H3,(H,21,26)/t16-,17-/m1/s1. The summed E-state index contributed by atoms with van der Waals surface area (Å²) in [6.07, 6.45) is 0. The van der Waals surface area contributed by atoms with Crippen LogP contribution in [0.4, 0.5) is 11.4 Å². The largest absolute Gasteiger partial charge is 0.324 e. The molecule has 9 heteroatoms. The quantitative estimate of drug-likeness (QED) is 0.802. The molecule has 2 aliphatic heterocycles. The van der Waals surface area contributed by atoms with Crippen molar-refractivity contribution in [2.45, 2.75) is 19.0 Å². The van der Waals surface area contributed by atoms with E-state index in [1.54, 1.807) is 30.3 Å². The molecule has 1 N–H and O–H groups in total. The summed E-state index contributed by atoms with van der Waals surface area (Å²) in [4.78, 5) is 39.0. The normalized spacial score (nSPS) is 20.6. The molecule has 8 nitrogen and oxygen atoms in total. The topological polar surface area (TPSA) is 94.4 Å². The monoisotopic (exact) mass is 397 g/mol. The molecule has 2 heterocycles. The fraction of sp³-hybridized carbons (Fsp3) is 0.211. The minimum absolute atomic E-state index is 0.188. The SMILES string of the molecule is Cc1ccccc1NC(=O)CN1N=N[C@H]2C(=O)N(c3ccc(Cl)cc3)C(=O)[C@@H]21. The number of nitrogens with zero attached hydrogens (tertiary/aromatic N) is 4. The van der Waals surface area contributed by atoms with Crippen LogP contribution in [-0.4, -0.2) is 41.4 Å². The maximum Gasteiger partial charge on any atom is 0.263 e. The Bertz CT molecular complexity index is 991. The molecule has 0 spiro atoms. The number of hydrogen-bond donors (Lipinski definition) is 1. The molecule has 0 bridgehead atoms. The lowest BCUT2D eigenvalue weighted by Gasteiger charge is -2.20. The van der Waals surface area contributed by atoms with Crippen LogP contribution in [0.2, 0.25) is 5.02 Å². The molecular weight excluding hydrogens is 382 g/mol. The van der Waals surface area contributed by atoms with Crippen LogP contribution >= 0.6 is 11.6 Å². The predicted molar refractivity (Wildman–Crippen MR) is 103 cm³/mol. The van der Waals surface area contributed by atoms with Crippen molar-refractivity contribution in [3.63, 3.8) is 0 Å². The molecule has 2 aromatic rings. The summed E-state index contributed by atoms with van der Waals surface area (Å²) in [6.45, 7) is 1.69. The Labute approximate surface area is 165 Å². The number of halogens is 1. The number of hydrogen-bond acceptors (Lipinski definition) is 6. The number of nitrogens with one attached hydrogen (secondary N) is 1. The Morgan fingerprint density at radius 3 is 2.54 bits per heavy atom. The van der Waals surface area contributed by atoms with Gasteiger partial charge in [0.1, 0.15) is 6.54 Å². The summed E-state index contributed by atoms with van der Waals surface area (Å²) in [6, 6.07) is 11.9. The van der Waals surface area contributed by atoms with Gasteiger partial charge in [0.15, 0.2) is 12.1 Å². The summed E-state index contributed by atoms with van der Waals surface area (Å²) in [5, 5.41) is 12.3. The Balaban J connectivity index is 1.49. The summed E-state index contributed by atoms with van der Waals surface area (Å²) in [5.74, 6) is -1.28. The van der Waals surface area contributed by atoms with Gasteiger partial charge < -0.3 is 5.32 Å². The highest BCUT2D eigenvalue weighted by Gasteiger charge is 2.55. The van der Waals surface area contributed by atoms with Gasteiger partial charge in [0.2, 0.25) is 5.91 Å². The van der Waals surface area contributed by atoms with Gasteiger partial charge in [-0.3, -0.25) is 19.4 Å². The Morgan fingerprint density at radius 2 is 1.82 bits per heavy atom. The van der Waals surface area contributed by atoms with Gasteiger partial charge in [-0.1, -0.05) is 35.0 Å². The van der Waals surface area contributed by atoms with Crippen molar-refractivity contribution in [2.75, 3.05) is 16.8 Å². The number of fused-ring (bicyclic) bond motifs is 1. The lowest BCUT2D eigenvalue weighted by Crippen LogP contribution is -2.43. The first-order valence-electron chi connectivity index (χ1n) is 8.62. The van der Waals surface area contributed by atoms with Crippen LogP contribution in [-0.2, 0) is 14.4 Å². The van der Waals surface area contributed by atoms with Crippen molar-refractivity contribution in [1.82, 2.24) is 5.01 Å². The average molecular weight is 398 g/mol. The van der Waals surface area contributed by atoms with E-state index in [-0.39, 0.29) is 12.5 Å². The lowest BCUT2D eigenvalue weighted by molar-refractivity contribution is -0.123. The second-order valence-electron chi connectivity index (χ2n) is 6.54. The number of para-hydroxylation sites is 1. The highest BCUT2D eigenvalue weighted by Crippen LogP contribution is 2.32. The molecular formula is C19H16ClN5O3. The van der Waals surface area contributed by atoms with Gasteiger partial charge in [0.25, 0.3) is 11.8 Å². The smallest absolute Gasteiger partial charge is 0.263 e. The molecule has 142 valence electrons. The number of benzene rings is 2. The number of aryl methyl sites for hydroxylation is 1. The van der Waals surface area contributed by atoms with Crippen LogP contribution in [0.5, 0.6) is 0 Å². The van der Waals surface area contributed by atoms with E-state index in [9.17, 15) is 14.4 Å². The zero-order chi connectivity index (χ0) is 19.8. The number of anilines is 2. The summed E-state index contributed by atoms with van der Waals surface area (Å²) in [7, 11) is 0. The van der Waals surface area contributed by atoms with Crippen LogP contribution in [0.15, 0.2) is 58.9 Å². The van der Waals surface area contributed by atoms with E-state index in [4.69, 9.17) is 11.6 Å². The molecule has 2 aliphatic rings. The molecule has 0 unspecified atom stereocenters. The molecule has 2 aromatic carbocycles. The van der Waals surface area contributed by atoms with Crippen LogP contribution in [0, 0.1) is 6.92 Å². The van der Waals surface area contributed by atoms with E-state index >= 15 is 0 Å². The molecule has 0 radical (unpaired) electrons. The highest BCUT2D eigenvalue weighted by atomic mass is 35.5.